The van der Waals surface area contributed by atoms with Gasteiger partial charge in [0.15, 0.2) is 0 Å². The molecule has 0 spiro atoms. The molecule has 1 aromatic rings. The van der Waals surface area contributed by atoms with E-state index in [1.54, 1.807) is 6.20 Å². The van der Waals surface area contributed by atoms with Gasteiger partial charge >= 0.3 is 5.97 Å². The molecule has 0 aliphatic heterocycles. The highest BCUT2D eigenvalue weighted by Crippen LogP contribution is 2.19. The predicted molar refractivity (Wildman–Crippen MR) is 59.0 cm³/mol. The number of pyridine rings is 1. The lowest BCUT2D eigenvalue weighted by molar-refractivity contribution is -0.135. The molecule has 0 radical (unpaired) electrons. The summed E-state index contributed by atoms with van der Waals surface area (Å²) in [5.41, 5.74) is 0.787. The maximum atomic E-state index is 10.2. The molecular weight excluding hydrogens is 316 g/mol. The van der Waals surface area contributed by atoms with Crippen LogP contribution in [-0.2, 0) is 11.3 Å². The standard InChI is InChI=1S/C8H8Br2N2O2/c9-5-1-6(10)7(12-2-5)3-11-4-8(13)14/h1-2,11H,3-4H2,(H,13,14). The molecule has 0 saturated carbocycles. The van der Waals surface area contributed by atoms with Gasteiger partial charge in [0.2, 0.25) is 0 Å². The molecule has 0 bridgehead atoms. The number of rotatable bonds is 4. The summed E-state index contributed by atoms with van der Waals surface area (Å²) in [6.45, 7) is 0.365. The molecule has 76 valence electrons. The number of aliphatic carboxylic acids is 1. The van der Waals surface area contributed by atoms with E-state index in [0.29, 0.717) is 6.54 Å². The molecule has 0 fully saturated rings. The normalized spacial score (nSPS) is 10.1. The third-order valence-electron chi connectivity index (χ3n) is 1.45. The van der Waals surface area contributed by atoms with Crippen molar-refractivity contribution in [3.05, 3.63) is 26.9 Å². The second-order valence-electron chi connectivity index (χ2n) is 2.58. The number of nitrogens with one attached hydrogen (secondary N) is 1. The zero-order valence-electron chi connectivity index (χ0n) is 7.13. The van der Waals surface area contributed by atoms with E-state index in [9.17, 15) is 4.79 Å². The van der Waals surface area contributed by atoms with Crippen molar-refractivity contribution in [1.82, 2.24) is 10.3 Å². The Kier molecular flexibility index (Phi) is 4.50. The molecule has 0 amide bonds. The average molecular weight is 324 g/mol. The van der Waals surface area contributed by atoms with Crippen molar-refractivity contribution in [2.24, 2.45) is 0 Å². The van der Waals surface area contributed by atoms with Gasteiger partial charge in [-0.2, -0.15) is 0 Å². The third-order valence-corrected chi connectivity index (χ3v) is 2.57. The Hall–Kier alpha value is -0.460. The van der Waals surface area contributed by atoms with Gasteiger partial charge < -0.3 is 10.4 Å². The number of hydrogen-bond donors (Lipinski definition) is 2. The SMILES string of the molecule is O=C(O)CNCc1ncc(Br)cc1Br. The minimum absolute atomic E-state index is 0.0653. The van der Waals surface area contributed by atoms with E-state index in [-0.39, 0.29) is 6.54 Å². The van der Waals surface area contributed by atoms with Crippen molar-refractivity contribution in [1.29, 1.82) is 0 Å². The molecule has 1 aromatic heterocycles. The van der Waals surface area contributed by atoms with Crippen LogP contribution in [0, 0.1) is 0 Å². The van der Waals surface area contributed by atoms with Gasteiger partial charge in [-0.3, -0.25) is 9.78 Å². The van der Waals surface area contributed by atoms with E-state index in [1.807, 2.05) is 6.07 Å². The fourth-order valence-electron chi connectivity index (χ4n) is 0.861. The van der Waals surface area contributed by atoms with Gasteiger partial charge in [0.25, 0.3) is 0 Å². The molecule has 0 aromatic carbocycles. The van der Waals surface area contributed by atoms with Crippen LogP contribution in [0.1, 0.15) is 5.69 Å². The van der Waals surface area contributed by atoms with Crippen LogP contribution < -0.4 is 5.32 Å². The van der Waals surface area contributed by atoms with Gasteiger partial charge in [0.05, 0.1) is 12.2 Å². The highest BCUT2D eigenvalue weighted by Gasteiger charge is 2.02. The van der Waals surface area contributed by atoms with Crippen LogP contribution in [0.5, 0.6) is 0 Å². The van der Waals surface area contributed by atoms with E-state index in [1.165, 1.54) is 0 Å². The van der Waals surface area contributed by atoms with Crippen molar-refractivity contribution < 1.29 is 9.90 Å². The number of carboxylic acids is 1. The first-order valence-corrected chi connectivity index (χ1v) is 5.40. The topological polar surface area (TPSA) is 62.2 Å². The Labute approximate surface area is 98.0 Å². The molecular formula is C8H8Br2N2O2. The lowest BCUT2D eigenvalue weighted by atomic mass is 10.3. The quantitative estimate of drug-likeness (QED) is 0.886. The van der Waals surface area contributed by atoms with Gasteiger partial charge in [-0.25, -0.2) is 0 Å². The average Bonchev–Trinajstić information content (AvgIpc) is 2.08. The zero-order chi connectivity index (χ0) is 10.6. The van der Waals surface area contributed by atoms with Crippen LogP contribution >= 0.6 is 31.9 Å². The molecule has 1 rings (SSSR count). The molecule has 0 saturated heterocycles. The number of carbonyl (C=O) groups is 1. The van der Waals surface area contributed by atoms with Crippen LogP contribution in [0.4, 0.5) is 0 Å². The third kappa shape index (κ3) is 3.73. The Bertz CT molecular complexity index is 344. The summed E-state index contributed by atoms with van der Waals surface area (Å²) in [6, 6.07) is 1.87. The minimum Gasteiger partial charge on any atom is -0.480 e. The van der Waals surface area contributed by atoms with Crippen LogP contribution in [-0.4, -0.2) is 22.6 Å². The summed E-state index contributed by atoms with van der Waals surface area (Å²) in [5.74, 6) is -0.877. The van der Waals surface area contributed by atoms with Crippen LogP contribution in [0.3, 0.4) is 0 Å². The number of hydrogen-bond acceptors (Lipinski definition) is 3. The first kappa shape index (κ1) is 11.6. The van der Waals surface area contributed by atoms with Gasteiger partial charge in [0.1, 0.15) is 0 Å². The maximum absolute atomic E-state index is 10.2. The maximum Gasteiger partial charge on any atom is 0.317 e. The second-order valence-corrected chi connectivity index (χ2v) is 4.35. The number of nitrogens with zero attached hydrogens (tertiary/aromatic N) is 1. The first-order valence-electron chi connectivity index (χ1n) is 3.82. The molecule has 0 unspecified atom stereocenters. The van der Waals surface area contributed by atoms with Gasteiger partial charge in [0, 0.05) is 21.7 Å². The lowest BCUT2D eigenvalue weighted by Gasteiger charge is -2.03. The Morgan fingerprint density at radius 1 is 1.57 bits per heavy atom. The van der Waals surface area contributed by atoms with Crippen molar-refractivity contribution >= 4 is 37.8 Å². The van der Waals surface area contributed by atoms with E-state index in [0.717, 1.165) is 14.6 Å². The van der Waals surface area contributed by atoms with Crippen LogP contribution in [0.25, 0.3) is 0 Å². The summed E-state index contributed by atoms with van der Waals surface area (Å²) < 4.78 is 1.73. The number of carboxylic acid groups (broad SMARTS) is 1. The van der Waals surface area contributed by atoms with Crippen molar-refractivity contribution in [2.45, 2.75) is 6.54 Å². The summed E-state index contributed by atoms with van der Waals surface area (Å²) in [4.78, 5) is 14.4. The molecule has 6 heteroatoms. The molecule has 14 heavy (non-hydrogen) atoms. The summed E-state index contributed by atoms with van der Waals surface area (Å²) in [6.07, 6.45) is 1.67. The summed E-state index contributed by atoms with van der Waals surface area (Å²) in [7, 11) is 0. The highest BCUT2D eigenvalue weighted by atomic mass is 79.9. The number of halogens is 2. The minimum atomic E-state index is -0.877. The van der Waals surface area contributed by atoms with Gasteiger partial charge in [-0.05, 0) is 37.9 Å². The van der Waals surface area contributed by atoms with Crippen molar-refractivity contribution in [3.63, 3.8) is 0 Å². The monoisotopic (exact) mass is 322 g/mol. The Morgan fingerprint density at radius 2 is 2.29 bits per heavy atom. The second kappa shape index (κ2) is 5.43. The van der Waals surface area contributed by atoms with Gasteiger partial charge in [-0.15, -0.1) is 0 Å². The van der Waals surface area contributed by atoms with E-state index >= 15 is 0 Å². The van der Waals surface area contributed by atoms with Crippen LogP contribution in [0.2, 0.25) is 0 Å². The Balaban J connectivity index is 2.55. The largest absolute Gasteiger partial charge is 0.480 e. The van der Waals surface area contributed by atoms with E-state index in [4.69, 9.17) is 5.11 Å². The predicted octanol–water partition coefficient (Wildman–Crippen LogP) is 1.78. The molecule has 2 N–H and O–H groups in total. The first-order chi connectivity index (χ1) is 6.59. The van der Waals surface area contributed by atoms with Crippen molar-refractivity contribution in [3.8, 4) is 0 Å². The lowest BCUT2D eigenvalue weighted by Crippen LogP contribution is -2.22. The van der Waals surface area contributed by atoms with E-state index < -0.39 is 5.97 Å². The fourth-order valence-corrected chi connectivity index (χ4v) is 1.99. The number of aromatic nitrogens is 1. The van der Waals surface area contributed by atoms with E-state index in [2.05, 4.69) is 42.2 Å². The molecule has 4 nitrogen and oxygen atoms in total. The van der Waals surface area contributed by atoms with Crippen molar-refractivity contribution in [2.75, 3.05) is 6.54 Å². The molecule has 0 aliphatic carbocycles. The molecule has 0 aliphatic rings. The molecule has 0 atom stereocenters. The highest BCUT2D eigenvalue weighted by molar-refractivity contribution is 9.11. The smallest absolute Gasteiger partial charge is 0.317 e. The van der Waals surface area contributed by atoms with Gasteiger partial charge in [-0.1, -0.05) is 0 Å². The summed E-state index contributed by atoms with van der Waals surface area (Å²) in [5, 5.41) is 11.2. The van der Waals surface area contributed by atoms with Crippen LogP contribution in [0.15, 0.2) is 21.2 Å². The molecule has 1 heterocycles. The Morgan fingerprint density at radius 3 is 2.86 bits per heavy atom. The summed E-state index contributed by atoms with van der Waals surface area (Å²) >= 11 is 6.62. The zero-order valence-corrected chi connectivity index (χ0v) is 10.3. The fraction of sp³-hybridized carbons (Fsp3) is 0.250.